The normalized spacial score (nSPS) is 10.6. The van der Waals surface area contributed by atoms with Gasteiger partial charge in [0.15, 0.2) is 0 Å². The van der Waals surface area contributed by atoms with Crippen LogP contribution in [0.15, 0.2) is 30.8 Å². The highest BCUT2D eigenvalue weighted by Gasteiger charge is 2.15. The van der Waals surface area contributed by atoms with E-state index in [-0.39, 0.29) is 11.5 Å². The topological polar surface area (TPSA) is 40.5 Å². The molecular formula is C14H14O2. The quantitative estimate of drug-likeness (QED) is 0.712. The van der Waals surface area contributed by atoms with E-state index < -0.39 is 0 Å². The molecule has 0 aliphatic rings. The Kier molecular flexibility index (Phi) is 2.35. The molecular weight excluding hydrogens is 200 g/mol. The first-order valence-electron chi connectivity index (χ1n) is 5.13. The molecule has 16 heavy (non-hydrogen) atoms. The van der Waals surface area contributed by atoms with Crippen LogP contribution >= 0.6 is 0 Å². The SMILES string of the molecule is C=C(C)c1c(C)c(O)c2ccccc2c1O. The fourth-order valence-corrected chi connectivity index (χ4v) is 2.05. The summed E-state index contributed by atoms with van der Waals surface area (Å²) in [6.07, 6.45) is 0. The highest BCUT2D eigenvalue weighted by molar-refractivity contribution is 5.98. The molecule has 0 saturated heterocycles. The second kappa shape index (κ2) is 3.56. The third-order valence-corrected chi connectivity index (χ3v) is 2.83. The van der Waals surface area contributed by atoms with E-state index in [2.05, 4.69) is 6.58 Å². The first kappa shape index (κ1) is 10.6. The summed E-state index contributed by atoms with van der Waals surface area (Å²) in [7, 11) is 0. The summed E-state index contributed by atoms with van der Waals surface area (Å²) in [5.74, 6) is 0.407. The maximum absolute atomic E-state index is 10.2. The summed E-state index contributed by atoms with van der Waals surface area (Å²) >= 11 is 0. The maximum atomic E-state index is 10.2. The molecule has 0 bridgehead atoms. The van der Waals surface area contributed by atoms with E-state index in [0.29, 0.717) is 21.9 Å². The Labute approximate surface area is 94.5 Å². The molecule has 0 aliphatic carbocycles. The lowest BCUT2D eigenvalue weighted by molar-refractivity contribution is 0.464. The average molecular weight is 214 g/mol. The molecule has 2 aromatic carbocycles. The van der Waals surface area contributed by atoms with Gasteiger partial charge < -0.3 is 10.2 Å². The van der Waals surface area contributed by atoms with Crippen molar-refractivity contribution in [3.63, 3.8) is 0 Å². The minimum absolute atomic E-state index is 0.193. The number of allylic oxidation sites excluding steroid dienone is 1. The van der Waals surface area contributed by atoms with Gasteiger partial charge in [-0.15, -0.1) is 0 Å². The lowest BCUT2D eigenvalue weighted by atomic mass is 9.95. The summed E-state index contributed by atoms with van der Waals surface area (Å²) in [5.41, 5.74) is 2.05. The highest BCUT2D eigenvalue weighted by Crippen LogP contribution is 2.41. The fraction of sp³-hybridized carbons (Fsp3) is 0.143. The molecule has 0 fully saturated rings. The van der Waals surface area contributed by atoms with Gasteiger partial charge >= 0.3 is 0 Å². The second-order valence-corrected chi connectivity index (χ2v) is 4.02. The summed E-state index contributed by atoms with van der Waals surface area (Å²) in [6, 6.07) is 7.25. The second-order valence-electron chi connectivity index (χ2n) is 4.02. The Morgan fingerprint density at radius 1 is 1.06 bits per heavy atom. The van der Waals surface area contributed by atoms with Crippen molar-refractivity contribution in [2.75, 3.05) is 0 Å². The molecule has 0 heterocycles. The van der Waals surface area contributed by atoms with Gasteiger partial charge in [0.1, 0.15) is 11.5 Å². The molecule has 82 valence electrons. The number of phenols is 2. The molecule has 2 heteroatoms. The van der Waals surface area contributed by atoms with E-state index in [1.165, 1.54) is 0 Å². The van der Waals surface area contributed by atoms with Crippen molar-refractivity contribution in [1.82, 2.24) is 0 Å². The smallest absolute Gasteiger partial charge is 0.131 e. The van der Waals surface area contributed by atoms with E-state index in [1.807, 2.05) is 19.1 Å². The first-order valence-corrected chi connectivity index (χ1v) is 5.13. The van der Waals surface area contributed by atoms with Crippen molar-refractivity contribution in [2.24, 2.45) is 0 Å². The predicted molar refractivity (Wildman–Crippen MR) is 66.7 cm³/mol. The largest absolute Gasteiger partial charge is 0.507 e. The van der Waals surface area contributed by atoms with Crippen molar-refractivity contribution in [3.05, 3.63) is 42.0 Å². The number of benzene rings is 2. The van der Waals surface area contributed by atoms with Gasteiger partial charge in [0, 0.05) is 21.9 Å². The molecule has 0 radical (unpaired) electrons. The average Bonchev–Trinajstić information content (AvgIpc) is 2.26. The monoisotopic (exact) mass is 214 g/mol. The van der Waals surface area contributed by atoms with Gasteiger partial charge in [0.25, 0.3) is 0 Å². The lowest BCUT2D eigenvalue weighted by Crippen LogP contribution is -1.89. The molecule has 2 nitrogen and oxygen atoms in total. The zero-order valence-corrected chi connectivity index (χ0v) is 9.41. The van der Waals surface area contributed by atoms with Crippen LogP contribution in [0.3, 0.4) is 0 Å². The van der Waals surface area contributed by atoms with E-state index >= 15 is 0 Å². The summed E-state index contributed by atoms with van der Waals surface area (Å²) in [4.78, 5) is 0. The van der Waals surface area contributed by atoms with Gasteiger partial charge in [-0.3, -0.25) is 0 Å². The third-order valence-electron chi connectivity index (χ3n) is 2.83. The first-order chi connectivity index (χ1) is 7.54. The minimum Gasteiger partial charge on any atom is -0.507 e. The molecule has 0 spiro atoms. The standard InChI is InChI=1S/C14H14O2/c1-8(2)12-9(3)13(15)10-6-4-5-7-11(10)14(12)16/h4-7,15-16H,1H2,2-3H3. The minimum atomic E-state index is 0.193. The number of phenolic OH excluding ortho intramolecular Hbond substituents is 2. The highest BCUT2D eigenvalue weighted by atomic mass is 16.3. The number of aromatic hydroxyl groups is 2. The molecule has 0 unspecified atom stereocenters. The Morgan fingerprint density at radius 2 is 1.56 bits per heavy atom. The Hall–Kier alpha value is -1.96. The van der Waals surface area contributed by atoms with Gasteiger partial charge in [-0.05, 0) is 19.4 Å². The van der Waals surface area contributed by atoms with E-state index in [4.69, 9.17) is 0 Å². The molecule has 2 rings (SSSR count). The van der Waals surface area contributed by atoms with E-state index in [9.17, 15) is 10.2 Å². The number of fused-ring (bicyclic) bond motifs is 1. The number of hydrogen-bond acceptors (Lipinski definition) is 2. The summed E-state index contributed by atoms with van der Waals surface area (Å²) in [6.45, 7) is 7.42. The van der Waals surface area contributed by atoms with Crippen LogP contribution in [0.4, 0.5) is 0 Å². The van der Waals surface area contributed by atoms with Gasteiger partial charge in [-0.1, -0.05) is 30.8 Å². The van der Waals surface area contributed by atoms with Crippen LogP contribution in [0.5, 0.6) is 11.5 Å². The molecule has 0 aromatic heterocycles. The molecule has 2 N–H and O–H groups in total. The third kappa shape index (κ3) is 1.34. The molecule has 2 aromatic rings. The molecule has 0 aliphatic heterocycles. The van der Waals surface area contributed by atoms with Crippen molar-refractivity contribution < 1.29 is 10.2 Å². The maximum Gasteiger partial charge on any atom is 0.131 e. The van der Waals surface area contributed by atoms with E-state index in [1.54, 1.807) is 19.1 Å². The molecule has 0 saturated carbocycles. The summed E-state index contributed by atoms with van der Waals surface area (Å²) < 4.78 is 0. The van der Waals surface area contributed by atoms with Crippen LogP contribution in [0.25, 0.3) is 16.3 Å². The van der Waals surface area contributed by atoms with Crippen LogP contribution in [0.1, 0.15) is 18.1 Å². The Bertz CT molecular complexity index is 583. The number of rotatable bonds is 1. The summed E-state index contributed by atoms with van der Waals surface area (Å²) in [5, 5.41) is 21.5. The van der Waals surface area contributed by atoms with E-state index in [0.717, 1.165) is 5.57 Å². The van der Waals surface area contributed by atoms with Gasteiger partial charge in [0.05, 0.1) is 0 Å². The predicted octanol–water partition coefficient (Wildman–Crippen LogP) is 3.59. The van der Waals surface area contributed by atoms with Gasteiger partial charge in [0.2, 0.25) is 0 Å². The van der Waals surface area contributed by atoms with Crippen molar-refractivity contribution in [3.8, 4) is 11.5 Å². The fourth-order valence-electron chi connectivity index (χ4n) is 2.05. The van der Waals surface area contributed by atoms with Crippen LogP contribution in [0.2, 0.25) is 0 Å². The van der Waals surface area contributed by atoms with Crippen LogP contribution < -0.4 is 0 Å². The Balaban J connectivity index is 3.00. The van der Waals surface area contributed by atoms with Gasteiger partial charge in [-0.25, -0.2) is 0 Å². The Morgan fingerprint density at radius 3 is 2.06 bits per heavy atom. The lowest BCUT2D eigenvalue weighted by Gasteiger charge is -2.13. The van der Waals surface area contributed by atoms with Gasteiger partial charge in [-0.2, -0.15) is 0 Å². The zero-order chi connectivity index (χ0) is 11.9. The number of hydrogen-bond donors (Lipinski definition) is 2. The van der Waals surface area contributed by atoms with Crippen molar-refractivity contribution in [1.29, 1.82) is 0 Å². The van der Waals surface area contributed by atoms with Crippen molar-refractivity contribution >= 4 is 16.3 Å². The van der Waals surface area contributed by atoms with Crippen LogP contribution in [-0.4, -0.2) is 10.2 Å². The van der Waals surface area contributed by atoms with Crippen LogP contribution in [0, 0.1) is 6.92 Å². The van der Waals surface area contributed by atoms with Crippen LogP contribution in [-0.2, 0) is 0 Å². The van der Waals surface area contributed by atoms with Crippen molar-refractivity contribution in [2.45, 2.75) is 13.8 Å². The molecule has 0 atom stereocenters. The zero-order valence-electron chi connectivity index (χ0n) is 9.41. The molecule has 0 amide bonds.